The molecule has 0 aliphatic carbocycles. The van der Waals surface area contributed by atoms with Gasteiger partial charge in [-0.15, -0.1) is 0 Å². The average molecular weight is 284 g/mol. The molecule has 3 N–H and O–H groups in total. The minimum absolute atomic E-state index is 0.0840. The van der Waals surface area contributed by atoms with Crippen LogP contribution in [0.4, 0.5) is 4.79 Å². The molecule has 8 nitrogen and oxygen atoms in total. The lowest BCUT2D eigenvalue weighted by molar-refractivity contribution is 0.121. The average Bonchev–Trinajstić information content (AvgIpc) is 2.14. The Hall–Kier alpha value is -0.900. The van der Waals surface area contributed by atoms with Crippen LogP contribution in [0.2, 0.25) is 0 Å². The number of methoxy groups -OCH3 is 1. The van der Waals surface area contributed by atoms with Gasteiger partial charge in [-0.2, -0.15) is 13.1 Å². The number of amides is 1. The summed E-state index contributed by atoms with van der Waals surface area (Å²) in [5.74, 6) is 0. The number of carbonyl (C=O) groups excluding carboxylic acids is 1. The van der Waals surface area contributed by atoms with Crippen molar-refractivity contribution in [1.82, 2.24) is 9.44 Å². The van der Waals surface area contributed by atoms with Gasteiger partial charge in [-0.3, -0.25) is 0 Å². The van der Waals surface area contributed by atoms with E-state index in [4.69, 9.17) is 9.84 Å². The summed E-state index contributed by atoms with van der Waals surface area (Å²) in [4.78, 5) is 11.1. The third kappa shape index (κ3) is 8.23. The van der Waals surface area contributed by atoms with Crippen LogP contribution in [0, 0.1) is 0 Å². The molecule has 18 heavy (non-hydrogen) atoms. The molecule has 0 aromatic carbocycles. The number of hydrogen-bond acceptors (Lipinski definition) is 6. The molecule has 1 amide bonds. The first-order valence-corrected chi connectivity index (χ1v) is 6.89. The number of ether oxygens (including phenoxy) is 2. The van der Waals surface area contributed by atoms with E-state index in [1.807, 2.05) is 0 Å². The lowest BCUT2D eigenvalue weighted by atomic mass is 10.2. The van der Waals surface area contributed by atoms with E-state index in [1.54, 1.807) is 18.6 Å². The highest BCUT2D eigenvalue weighted by Gasteiger charge is 2.20. The fraction of sp³-hybridized carbons (Fsp3) is 0.889. The van der Waals surface area contributed by atoms with Crippen molar-refractivity contribution in [3.05, 3.63) is 0 Å². The smallest absolute Gasteiger partial charge is 0.422 e. The minimum Gasteiger partial charge on any atom is -0.446 e. The van der Waals surface area contributed by atoms with Gasteiger partial charge in [-0.25, -0.2) is 9.52 Å². The largest absolute Gasteiger partial charge is 0.446 e. The Bertz CT molecular complexity index is 337. The summed E-state index contributed by atoms with van der Waals surface area (Å²) in [7, 11) is -2.63. The lowest BCUT2D eigenvalue weighted by Gasteiger charge is -2.17. The van der Waals surface area contributed by atoms with Crippen LogP contribution < -0.4 is 9.44 Å². The second kappa shape index (κ2) is 8.25. The SMILES string of the molecule is COCC(CCO)NS(=O)(=O)NC(=O)OC(C)C. The number of carbonyl (C=O) groups is 1. The molecule has 0 spiro atoms. The van der Waals surface area contributed by atoms with Gasteiger partial charge in [0.05, 0.1) is 12.7 Å². The third-order valence-electron chi connectivity index (χ3n) is 1.73. The molecule has 0 fully saturated rings. The second-order valence-electron chi connectivity index (χ2n) is 3.84. The molecule has 1 unspecified atom stereocenters. The van der Waals surface area contributed by atoms with Gasteiger partial charge in [0.25, 0.3) is 0 Å². The Balaban J connectivity index is 4.39. The molecular weight excluding hydrogens is 264 g/mol. The predicted molar refractivity (Wildman–Crippen MR) is 64.2 cm³/mol. The molecule has 0 bridgehead atoms. The van der Waals surface area contributed by atoms with Crippen LogP contribution in [0.25, 0.3) is 0 Å². The summed E-state index contributed by atoms with van der Waals surface area (Å²) < 4.78 is 36.3. The lowest BCUT2D eigenvalue weighted by Crippen LogP contribution is -2.47. The van der Waals surface area contributed by atoms with Crippen LogP contribution in [0.1, 0.15) is 20.3 Å². The van der Waals surface area contributed by atoms with Crippen LogP contribution >= 0.6 is 0 Å². The molecule has 0 aliphatic rings. The normalized spacial score (nSPS) is 13.4. The molecule has 0 aliphatic heterocycles. The number of hydrogen-bond donors (Lipinski definition) is 3. The van der Waals surface area contributed by atoms with Crippen molar-refractivity contribution >= 4 is 16.3 Å². The van der Waals surface area contributed by atoms with Gasteiger partial charge < -0.3 is 14.6 Å². The highest BCUT2D eigenvalue weighted by Crippen LogP contribution is 1.96. The van der Waals surface area contributed by atoms with Crippen molar-refractivity contribution in [2.24, 2.45) is 0 Å². The first-order chi connectivity index (χ1) is 8.30. The van der Waals surface area contributed by atoms with Crippen molar-refractivity contribution in [3.63, 3.8) is 0 Å². The predicted octanol–water partition coefficient (Wildman–Crippen LogP) is -0.647. The molecule has 0 aromatic rings. The molecule has 108 valence electrons. The van der Waals surface area contributed by atoms with Gasteiger partial charge in [-0.1, -0.05) is 0 Å². The monoisotopic (exact) mass is 284 g/mol. The van der Waals surface area contributed by atoms with Crippen LogP contribution in [0.3, 0.4) is 0 Å². The van der Waals surface area contributed by atoms with Crippen LogP contribution in [0.15, 0.2) is 0 Å². The fourth-order valence-electron chi connectivity index (χ4n) is 1.13. The first-order valence-electron chi connectivity index (χ1n) is 5.41. The minimum atomic E-state index is -4.04. The molecule has 9 heteroatoms. The quantitative estimate of drug-likeness (QED) is 0.546. The molecule has 0 rings (SSSR count). The maximum atomic E-state index is 11.5. The molecule has 0 saturated carbocycles. The Kier molecular flexibility index (Phi) is 7.83. The highest BCUT2D eigenvalue weighted by atomic mass is 32.2. The molecular formula is C9H20N2O6S. The maximum absolute atomic E-state index is 11.5. The highest BCUT2D eigenvalue weighted by molar-refractivity contribution is 7.88. The zero-order valence-electron chi connectivity index (χ0n) is 10.7. The van der Waals surface area contributed by atoms with E-state index in [1.165, 1.54) is 7.11 Å². The van der Waals surface area contributed by atoms with E-state index in [9.17, 15) is 13.2 Å². The van der Waals surface area contributed by atoms with Crippen molar-refractivity contribution in [3.8, 4) is 0 Å². The summed E-state index contributed by atoms with van der Waals surface area (Å²) in [5.41, 5.74) is 0. The van der Waals surface area contributed by atoms with Crippen molar-refractivity contribution in [2.45, 2.75) is 32.4 Å². The summed E-state index contributed by atoms with van der Waals surface area (Å²) in [5, 5.41) is 8.76. The van der Waals surface area contributed by atoms with Crippen LogP contribution in [-0.4, -0.2) is 52.1 Å². The number of aliphatic hydroxyl groups is 1. The summed E-state index contributed by atoms with van der Waals surface area (Å²) >= 11 is 0. The van der Waals surface area contributed by atoms with Gasteiger partial charge in [0.15, 0.2) is 0 Å². The Morgan fingerprint density at radius 1 is 1.39 bits per heavy atom. The second-order valence-corrected chi connectivity index (χ2v) is 5.29. The Labute approximate surface area is 107 Å². The van der Waals surface area contributed by atoms with E-state index < -0.39 is 28.4 Å². The fourth-order valence-corrected chi connectivity index (χ4v) is 2.08. The summed E-state index contributed by atoms with van der Waals surface area (Å²) in [6.07, 6.45) is -1.31. The Morgan fingerprint density at radius 3 is 2.44 bits per heavy atom. The number of nitrogens with one attached hydrogen (secondary N) is 2. The molecule has 1 atom stereocenters. The van der Waals surface area contributed by atoms with E-state index in [0.717, 1.165) is 0 Å². The van der Waals surface area contributed by atoms with Gasteiger partial charge in [0.2, 0.25) is 0 Å². The number of aliphatic hydroxyl groups excluding tert-OH is 1. The van der Waals surface area contributed by atoms with E-state index >= 15 is 0 Å². The van der Waals surface area contributed by atoms with Gasteiger partial charge in [0.1, 0.15) is 0 Å². The Morgan fingerprint density at radius 2 is 2.00 bits per heavy atom. The summed E-state index contributed by atoms with van der Waals surface area (Å²) in [6.45, 7) is 3.08. The van der Waals surface area contributed by atoms with Gasteiger partial charge in [-0.05, 0) is 20.3 Å². The molecule has 0 heterocycles. The molecule has 0 aromatic heterocycles. The zero-order chi connectivity index (χ0) is 14.2. The van der Waals surface area contributed by atoms with Gasteiger partial charge >= 0.3 is 16.3 Å². The van der Waals surface area contributed by atoms with E-state index in [0.29, 0.717) is 0 Å². The van der Waals surface area contributed by atoms with E-state index in [2.05, 4.69) is 9.46 Å². The first kappa shape index (κ1) is 17.1. The zero-order valence-corrected chi connectivity index (χ0v) is 11.5. The molecule has 0 saturated heterocycles. The van der Waals surface area contributed by atoms with Crippen molar-refractivity contribution < 1.29 is 27.8 Å². The van der Waals surface area contributed by atoms with Crippen molar-refractivity contribution in [2.75, 3.05) is 20.3 Å². The molecule has 0 radical (unpaired) electrons. The van der Waals surface area contributed by atoms with Crippen molar-refractivity contribution in [1.29, 1.82) is 0 Å². The van der Waals surface area contributed by atoms with Gasteiger partial charge in [0, 0.05) is 19.8 Å². The van der Waals surface area contributed by atoms with Crippen LogP contribution in [0.5, 0.6) is 0 Å². The van der Waals surface area contributed by atoms with E-state index in [-0.39, 0.29) is 19.6 Å². The summed E-state index contributed by atoms with van der Waals surface area (Å²) in [6, 6.07) is -0.621. The standard InChI is InChI=1S/C9H20N2O6S/c1-7(2)17-9(13)11-18(14,15)10-8(4-5-12)6-16-3/h7-8,10,12H,4-6H2,1-3H3,(H,11,13). The maximum Gasteiger partial charge on any atom is 0.422 e. The third-order valence-corrected chi connectivity index (χ3v) is 2.81. The van der Waals surface area contributed by atoms with Crippen LogP contribution in [-0.2, 0) is 19.7 Å². The topological polar surface area (TPSA) is 114 Å². The number of rotatable bonds is 8.